The van der Waals surface area contributed by atoms with E-state index in [0.29, 0.717) is 6.04 Å². The predicted octanol–water partition coefficient (Wildman–Crippen LogP) is 5.98. The van der Waals surface area contributed by atoms with E-state index in [4.69, 9.17) is 11.6 Å². The van der Waals surface area contributed by atoms with Gasteiger partial charge in [0.15, 0.2) is 0 Å². The molecule has 2 aromatic rings. The van der Waals surface area contributed by atoms with Crippen molar-refractivity contribution in [2.24, 2.45) is 0 Å². The molecule has 1 atom stereocenters. The van der Waals surface area contributed by atoms with Gasteiger partial charge in [-0.05, 0) is 56.7 Å². The minimum Gasteiger partial charge on any atom is -0.237 e. The Morgan fingerprint density at radius 1 is 1.04 bits per heavy atom. The minimum atomic E-state index is 0.554. The van der Waals surface area contributed by atoms with Crippen LogP contribution in [0.25, 0.3) is 0 Å². The van der Waals surface area contributed by atoms with Crippen molar-refractivity contribution in [2.45, 2.75) is 77.8 Å². The zero-order valence-corrected chi connectivity index (χ0v) is 16.0. The number of rotatable bonds is 11. The molecule has 0 bridgehead atoms. The highest BCUT2D eigenvalue weighted by molar-refractivity contribution is 6.30. The normalized spacial score (nSPS) is 12.5. The van der Waals surface area contributed by atoms with Crippen LogP contribution >= 0.6 is 11.6 Å². The van der Waals surface area contributed by atoms with E-state index in [1.165, 1.54) is 50.5 Å². The Bertz CT molecular complexity index is 574. The molecular weight excluding hydrogens is 316 g/mol. The molecule has 0 amide bonds. The topological polar surface area (TPSA) is 8.81 Å². The fourth-order valence-electron chi connectivity index (χ4n) is 3.10. The fourth-order valence-corrected chi connectivity index (χ4v) is 3.23. The smallest absolute Gasteiger partial charge is 0.237 e. The van der Waals surface area contributed by atoms with Crippen LogP contribution in [0.15, 0.2) is 43.0 Å². The maximum Gasteiger partial charge on any atom is 0.243 e. The van der Waals surface area contributed by atoms with E-state index < -0.39 is 0 Å². The summed E-state index contributed by atoms with van der Waals surface area (Å²) in [7, 11) is 0. The third kappa shape index (κ3) is 6.68. The molecule has 0 fully saturated rings. The number of imidazole rings is 1. The van der Waals surface area contributed by atoms with Gasteiger partial charge in [-0.1, -0.05) is 49.9 Å². The molecule has 24 heavy (non-hydrogen) atoms. The van der Waals surface area contributed by atoms with E-state index >= 15 is 0 Å². The maximum atomic E-state index is 5.93. The van der Waals surface area contributed by atoms with Crippen LogP contribution in [-0.4, -0.2) is 4.57 Å². The van der Waals surface area contributed by atoms with Crippen molar-refractivity contribution in [3.63, 3.8) is 0 Å². The van der Waals surface area contributed by atoms with Crippen molar-refractivity contribution in [2.75, 3.05) is 0 Å². The van der Waals surface area contributed by atoms with Gasteiger partial charge in [-0.25, -0.2) is 9.13 Å². The fraction of sp³-hybridized carbons (Fsp3) is 0.571. The molecular formula is C21H32ClN2+. The molecule has 1 aromatic carbocycles. The van der Waals surface area contributed by atoms with Gasteiger partial charge in [-0.3, -0.25) is 0 Å². The van der Waals surface area contributed by atoms with E-state index in [1.54, 1.807) is 0 Å². The molecule has 0 spiro atoms. The first-order valence-electron chi connectivity index (χ1n) is 9.50. The van der Waals surface area contributed by atoms with Crippen LogP contribution in [0.5, 0.6) is 0 Å². The number of aromatic nitrogens is 2. The molecule has 0 aliphatic heterocycles. The molecule has 2 rings (SSSR count). The summed E-state index contributed by atoms with van der Waals surface area (Å²) in [5, 5.41) is 0.818. The molecule has 1 aromatic heterocycles. The summed E-state index contributed by atoms with van der Waals surface area (Å²) >= 11 is 5.93. The molecule has 1 unspecified atom stereocenters. The van der Waals surface area contributed by atoms with Crippen LogP contribution in [0.4, 0.5) is 0 Å². The van der Waals surface area contributed by atoms with Gasteiger partial charge < -0.3 is 0 Å². The lowest BCUT2D eigenvalue weighted by Gasteiger charge is -2.08. The summed E-state index contributed by atoms with van der Waals surface area (Å²) in [5.41, 5.74) is 1.38. The second kappa shape index (κ2) is 10.6. The van der Waals surface area contributed by atoms with Gasteiger partial charge >= 0.3 is 0 Å². The average molecular weight is 348 g/mol. The van der Waals surface area contributed by atoms with Gasteiger partial charge in [0, 0.05) is 5.02 Å². The second-order valence-corrected chi connectivity index (χ2v) is 7.32. The quantitative estimate of drug-likeness (QED) is 0.349. The van der Waals surface area contributed by atoms with Crippen molar-refractivity contribution >= 4 is 11.6 Å². The Morgan fingerprint density at radius 3 is 2.54 bits per heavy atom. The summed E-state index contributed by atoms with van der Waals surface area (Å²) in [6.45, 7) is 5.73. The third-order valence-electron chi connectivity index (χ3n) is 4.74. The van der Waals surface area contributed by atoms with E-state index in [1.807, 2.05) is 12.1 Å². The van der Waals surface area contributed by atoms with Gasteiger partial charge in [0.1, 0.15) is 12.4 Å². The lowest BCUT2D eigenvalue weighted by atomic mass is 10.1. The number of aryl methyl sites for hydroxylation is 2. The molecule has 1 heterocycles. The van der Waals surface area contributed by atoms with Crippen LogP contribution in [0.1, 0.15) is 70.4 Å². The number of halogens is 1. The number of benzene rings is 1. The molecule has 0 saturated heterocycles. The lowest BCUT2D eigenvalue weighted by molar-refractivity contribution is -0.697. The van der Waals surface area contributed by atoms with Crippen molar-refractivity contribution in [1.29, 1.82) is 0 Å². The zero-order valence-electron chi connectivity index (χ0n) is 15.3. The Labute approximate surface area is 152 Å². The van der Waals surface area contributed by atoms with Crippen LogP contribution in [0.2, 0.25) is 5.02 Å². The van der Waals surface area contributed by atoms with Crippen LogP contribution < -0.4 is 4.57 Å². The molecule has 2 nitrogen and oxygen atoms in total. The largest absolute Gasteiger partial charge is 0.243 e. The summed E-state index contributed by atoms with van der Waals surface area (Å²) in [5.74, 6) is 0. The average Bonchev–Trinajstić information content (AvgIpc) is 3.05. The van der Waals surface area contributed by atoms with Crippen molar-refractivity contribution in [3.05, 3.63) is 53.6 Å². The van der Waals surface area contributed by atoms with Gasteiger partial charge in [-0.2, -0.15) is 0 Å². The van der Waals surface area contributed by atoms with E-state index in [2.05, 4.69) is 53.8 Å². The Hall–Kier alpha value is -1.28. The molecule has 132 valence electrons. The van der Waals surface area contributed by atoms with Gasteiger partial charge in [0.05, 0.1) is 12.6 Å². The predicted molar refractivity (Wildman–Crippen MR) is 102 cm³/mol. The highest BCUT2D eigenvalue weighted by atomic mass is 35.5. The summed E-state index contributed by atoms with van der Waals surface area (Å²) in [6, 6.07) is 8.79. The maximum absolute atomic E-state index is 5.93. The Morgan fingerprint density at radius 2 is 1.79 bits per heavy atom. The van der Waals surface area contributed by atoms with E-state index in [9.17, 15) is 0 Å². The number of hydrogen-bond donors (Lipinski definition) is 0. The second-order valence-electron chi connectivity index (χ2n) is 6.88. The number of hydrogen-bond acceptors (Lipinski definition) is 0. The van der Waals surface area contributed by atoms with Crippen molar-refractivity contribution in [3.8, 4) is 0 Å². The molecule has 0 N–H and O–H groups in total. The highest BCUT2D eigenvalue weighted by Gasteiger charge is 2.11. The molecule has 0 saturated carbocycles. The first-order valence-corrected chi connectivity index (χ1v) is 9.88. The SMILES string of the molecule is CCCCCCC[n+]1ccn(C(C)CCCc2ccc(Cl)cc2)c1. The lowest BCUT2D eigenvalue weighted by Crippen LogP contribution is -2.31. The van der Waals surface area contributed by atoms with E-state index in [0.717, 1.165) is 18.0 Å². The van der Waals surface area contributed by atoms with Crippen molar-refractivity contribution < 1.29 is 4.57 Å². The van der Waals surface area contributed by atoms with Crippen LogP contribution in [-0.2, 0) is 13.0 Å². The molecule has 0 aliphatic carbocycles. The Balaban J connectivity index is 1.68. The Kier molecular flexibility index (Phi) is 8.38. The monoisotopic (exact) mass is 347 g/mol. The van der Waals surface area contributed by atoms with Gasteiger partial charge in [-0.15, -0.1) is 0 Å². The van der Waals surface area contributed by atoms with Crippen LogP contribution in [0.3, 0.4) is 0 Å². The standard InChI is InChI=1S/C21H32ClN2/c1-3-4-5-6-7-15-23-16-17-24(18-23)19(2)9-8-10-20-11-13-21(22)14-12-20/h11-14,16-19H,3-10,15H2,1-2H3/q+1. The number of unbranched alkanes of at least 4 members (excludes halogenated alkanes) is 4. The molecule has 3 heteroatoms. The van der Waals surface area contributed by atoms with Crippen molar-refractivity contribution in [1.82, 2.24) is 4.57 Å². The molecule has 0 radical (unpaired) electrons. The summed E-state index contributed by atoms with van der Waals surface area (Å²) in [6.07, 6.45) is 16.9. The van der Waals surface area contributed by atoms with E-state index in [-0.39, 0.29) is 0 Å². The zero-order chi connectivity index (χ0) is 17.2. The molecule has 0 aliphatic rings. The van der Waals surface area contributed by atoms with Crippen LogP contribution in [0, 0.1) is 0 Å². The van der Waals surface area contributed by atoms with Gasteiger partial charge in [0.25, 0.3) is 0 Å². The minimum absolute atomic E-state index is 0.554. The first kappa shape index (κ1) is 19.1. The first-order chi connectivity index (χ1) is 11.7. The number of nitrogens with zero attached hydrogens (tertiary/aromatic N) is 2. The summed E-state index contributed by atoms with van der Waals surface area (Å²) in [4.78, 5) is 0. The third-order valence-corrected chi connectivity index (χ3v) is 4.99. The summed E-state index contributed by atoms with van der Waals surface area (Å²) < 4.78 is 4.69. The van der Waals surface area contributed by atoms with Gasteiger partial charge in [0.2, 0.25) is 6.33 Å². The highest BCUT2D eigenvalue weighted by Crippen LogP contribution is 2.16.